The van der Waals surface area contributed by atoms with Crippen LogP contribution in [0.25, 0.3) is 10.9 Å². The van der Waals surface area contributed by atoms with Gasteiger partial charge in [-0.1, -0.05) is 0 Å². The van der Waals surface area contributed by atoms with Crippen molar-refractivity contribution in [3.05, 3.63) is 23.9 Å². The van der Waals surface area contributed by atoms with Gasteiger partial charge in [0.2, 0.25) is 5.91 Å². The first-order valence-electron chi connectivity index (χ1n) is 11.7. The number of benzene rings is 1. The highest BCUT2D eigenvalue weighted by Gasteiger charge is 2.44. The Hall–Kier alpha value is -2.78. The van der Waals surface area contributed by atoms with E-state index in [1.165, 1.54) is 0 Å². The Labute approximate surface area is 193 Å². The van der Waals surface area contributed by atoms with E-state index in [0.29, 0.717) is 19.4 Å². The molecular formula is C24H32N6O3. The zero-order valence-corrected chi connectivity index (χ0v) is 19.6. The monoisotopic (exact) mass is 452 g/mol. The van der Waals surface area contributed by atoms with Crippen molar-refractivity contribution in [3.63, 3.8) is 0 Å². The van der Waals surface area contributed by atoms with E-state index < -0.39 is 0 Å². The van der Waals surface area contributed by atoms with Gasteiger partial charge in [0.1, 0.15) is 30.1 Å². The summed E-state index contributed by atoms with van der Waals surface area (Å²) >= 11 is 0. The largest absolute Gasteiger partial charge is 0.488 e. The highest BCUT2D eigenvalue weighted by molar-refractivity contribution is 6.12. The lowest BCUT2D eigenvalue weighted by Crippen LogP contribution is -2.46. The van der Waals surface area contributed by atoms with Crippen LogP contribution in [-0.2, 0) is 9.53 Å². The number of hydrogen-bond donors (Lipinski definition) is 1. The molecule has 5 rings (SSSR count). The number of carbonyl (C=O) groups is 1. The minimum absolute atomic E-state index is 0.0383. The summed E-state index contributed by atoms with van der Waals surface area (Å²) in [5.41, 5.74) is 2.88. The first-order chi connectivity index (χ1) is 16.0. The highest BCUT2D eigenvalue weighted by atomic mass is 16.5. The second kappa shape index (κ2) is 8.87. The van der Waals surface area contributed by atoms with Crippen LogP contribution >= 0.6 is 0 Å². The molecule has 9 nitrogen and oxygen atoms in total. The lowest BCUT2D eigenvalue weighted by atomic mass is 9.77. The van der Waals surface area contributed by atoms with Crippen LogP contribution in [0.15, 0.2) is 28.2 Å². The summed E-state index contributed by atoms with van der Waals surface area (Å²) in [7, 11) is 3.59. The number of aromatic nitrogens is 2. The van der Waals surface area contributed by atoms with Gasteiger partial charge in [0, 0.05) is 52.0 Å². The van der Waals surface area contributed by atoms with Crippen molar-refractivity contribution in [1.82, 2.24) is 20.0 Å². The number of hydrogen-bond acceptors (Lipinski definition) is 7. The fourth-order valence-corrected chi connectivity index (χ4v) is 5.36. The third-order valence-corrected chi connectivity index (χ3v) is 7.18. The fourth-order valence-electron chi connectivity index (χ4n) is 5.36. The molecule has 0 radical (unpaired) electrons. The number of carbonyl (C=O) groups excluding carboxylic acids is 1. The number of ether oxygens (including phenoxy) is 2. The number of piperidine rings is 1. The molecule has 33 heavy (non-hydrogen) atoms. The third kappa shape index (κ3) is 4.39. The number of amides is 1. The number of aliphatic imine (C=N–C) groups is 2. The Balaban J connectivity index is 1.28. The van der Waals surface area contributed by atoms with Gasteiger partial charge in [0.15, 0.2) is 0 Å². The summed E-state index contributed by atoms with van der Waals surface area (Å²) in [6.07, 6.45) is 5.15. The molecule has 1 amide bonds. The maximum absolute atomic E-state index is 12.1. The van der Waals surface area contributed by atoms with E-state index in [-0.39, 0.29) is 23.6 Å². The van der Waals surface area contributed by atoms with Crippen LogP contribution in [0.3, 0.4) is 0 Å². The molecule has 0 bridgehead atoms. The van der Waals surface area contributed by atoms with Crippen molar-refractivity contribution in [2.75, 3.05) is 40.4 Å². The van der Waals surface area contributed by atoms with Gasteiger partial charge >= 0.3 is 0 Å². The van der Waals surface area contributed by atoms with Crippen LogP contribution in [0.4, 0.5) is 0 Å². The summed E-state index contributed by atoms with van der Waals surface area (Å²) in [4.78, 5) is 25.6. The number of likely N-dealkylation sites (tertiary alicyclic amines) is 2. The molecule has 3 aliphatic rings. The minimum Gasteiger partial charge on any atom is -0.488 e. The third-order valence-electron chi connectivity index (χ3n) is 7.18. The Morgan fingerprint density at radius 3 is 2.85 bits per heavy atom. The molecule has 1 spiro atoms. The van der Waals surface area contributed by atoms with Gasteiger partial charge in [-0.25, -0.2) is 4.99 Å². The van der Waals surface area contributed by atoms with Crippen LogP contribution in [0, 0.1) is 5.41 Å². The molecule has 2 atom stereocenters. The van der Waals surface area contributed by atoms with Gasteiger partial charge in [-0.15, -0.1) is 0 Å². The van der Waals surface area contributed by atoms with Crippen LogP contribution in [0.2, 0.25) is 0 Å². The Morgan fingerprint density at radius 2 is 2.12 bits per heavy atom. The lowest BCUT2D eigenvalue weighted by Gasteiger charge is -2.41. The van der Waals surface area contributed by atoms with Gasteiger partial charge in [0.05, 0.1) is 17.8 Å². The predicted octanol–water partition coefficient (Wildman–Crippen LogP) is 2.47. The molecule has 1 aromatic heterocycles. The van der Waals surface area contributed by atoms with E-state index >= 15 is 0 Å². The number of H-pyrrole nitrogens is 1. The summed E-state index contributed by atoms with van der Waals surface area (Å²) in [6.45, 7) is 5.30. The summed E-state index contributed by atoms with van der Waals surface area (Å²) < 4.78 is 11.2. The SMILES string of the molecule is COC[C@H](C)Oc1ccc2[nH]nc(C3=NC=NC(N4CCC5(CC4)CC(=O)N(C)C5)C3)c2c1. The van der Waals surface area contributed by atoms with Gasteiger partial charge in [-0.05, 0) is 43.4 Å². The van der Waals surface area contributed by atoms with Crippen molar-refractivity contribution in [2.45, 2.75) is 44.9 Å². The highest BCUT2D eigenvalue weighted by Crippen LogP contribution is 2.41. The molecule has 0 aliphatic carbocycles. The molecule has 4 heterocycles. The normalized spacial score (nSPS) is 24.0. The molecule has 1 N–H and O–H groups in total. The van der Waals surface area contributed by atoms with E-state index in [4.69, 9.17) is 9.47 Å². The van der Waals surface area contributed by atoms with E-state index in [1.54, 1.807) is 13.4 Å². The molecule has 0 saturated carbocycles. The molecule has 2 saturated heterocycles. The standard InChI is InChI=1S/C24H32N6O3/c1-16(13-32-3)33-17-4-5-19-18(10-17)23(28-27-19)20-11-21(26-15-25-20)30-8-6-24(7-9-30)12-22(31)29(2)14-24/h4-5,10,15-16,21H,6-9,11-14H2,1-3H3,(H,27,28)/t16-,21?/m0/s1. The summed E-state index contributed by atoms with van der Waals surface area (Å²) in [6, 6.07) is 5.94. The molecule has 1 unspecified atom stereocenters. The second-order valence-electron chi connectivity index (χ2n) is 9.65. The van der Waals surface area contributed by atoms with Crippen molar-refractivity contribution >= 4 is 28.9 Å². The van der Waals surface area contributed by atoms with Crippen LogP contribution in [0.5, 0.6) is 5.75 Å². The average molecular weight is 453 g/mol. The van der Waals surface area contributed by atoms with Gasteiger partial charge in [-0.2, -0.15) is 5.10 Å². The molecule has 3 aliphatic heterocycles. The van der Waals surface area contributed by atoms with Crippen molar-refractivity contribution in [2.24, 2.45) is 15.4 Å². The average Bonchev–Trinajstić information content (AvgIpc) is 3.34. The maximum atomic E-state index is 12.1. The Kier molecular flexibility index (Phi) is 5.92. The van der Waals surface area contributed by atoms with E-state index in [9.17, 15) is 4.79 Å². The van der Waals surface area contributed by atoms with Crippen molar-refractivity contribution in [1.29, 1.82) is 0 Å². The van der Waals surface area contributed by atoms with Crippen LogP contribution < -0.4 is 4.74 Å². The lowest BCUT2D eigenvalue weighted by molar-refractivity contribution is -0.126. The number of aromatic amines is 1. The molecule has 1 aromatic carbocycles. The zero-order chi connectivity index (χ0) is 23.0. The van der Waals surface area contributed by atoms with Gasteiger partial charge in [-0.3, -0.25) is 19.8 Å². The van der Waals surface area contributed by atoms with Crippen molar-refractivity contribution in [3.8, 4) is 5.75 Å². The molecule has 2 fully saturated rings. The van der Waals surface area contributed by atoms with Gasteiger partial charge in [0.25, 0.3) is 0 Å². The zero-order valence-electron chi connectivity index (χ0n) is 19.6. The topological polar surface area (TPSA) is 95.4 Å². The van der Waals surface area contributed by atoms with Gasteiger partial charge < -0.3 is 14.4 Å². The smallest absolute Gasteiger partial charge is 0.222 e. The predicted molar refractivity (Wildman–Crippen MR) is 127 cm³/mol. The Morgan fingerprint density at radius 1 is 1.30 bits per heavy atom. The van der Waals surface area contributed by atoms with Crippen LogP contribution in [0.1, 0.15) is 38.3 Å². The minimum atomic E-state index is -0.0383. The number of nitrogens with zero attached hydrogens (tertiary/aromatic N) is 5. The fraction of sp³-hybridized carbons (Fsp3) is 0.583. The Bertz CT molecular complexity index is 1090. The second-order valence-corrected chi connectivity index (χ2v) is 9.65. The molecule has 9 heteroatoms. The summed E-state index contributed by atoms with van der Waals surface area (Å²) in [5.74, 6) is 1.06. The molecular weight excluding hydrogens is 420 g/mol. The number of methoxy groups -OCH3 is 1. The van der Waals surface area contributed by atoms with E-state index in [1.807, 2.05) is 37.1 Å². The van der Waals surface area contributed by atoms with E-state index in [0.717, 1.165) is 60.5 Å². The number of rotatable bonds is 6. The summed E-state index contributed by atoms with van der Waals surface area (Å²) in [5, 5.41) is 8.69. The molecule has 176 valence electrons. The number of nitrogens with one attached hydrogen (secondary N) is 1. The first-order valence-corrected chi connectivity index (χ1v) is 11.7. The number of fused-ring (bicyclic) bond motifs is 1. The van der Waals surface area contributed by atoms with Crippen molar-refractivity contribution < 1.29 is 14.3 Å². The first kappa shape index (κ1) is 22.0. The molecule has 2 aromatic rings. The van der Waals surface area contributed by atoms with E-state index in [2.05, 4.69) is 25.1 Å². The maximum Gasteiger partial charge on any atom is 0.222 e. The quantitative estimate of drug-likeness (QED) is 0.727. The van der Waals surface area contributed by atoms with Crippen LogP contribution in [-0.4, -0.2) is 90.6 Å².